The van der Waals surface area contributed by atoms with Gasteiger partial charge in [-0.25, -0.2) is 0 Å². The molecule has 1 aromatic rings. The van der Waals surface area contributed by atoms with E-state index in [4.69, 9.17) is 15.7 Å². The first-order valence-corrected chi connectivity index (χ1v) is 6.41. The number of para-hydroxylation sites is 1. The Morgan fingerprint density at radius 1 is 1.45 bits per heavy atom. The SMILES string of the molecule is COc1ccccc1C(=O)N(CCC(N)=NO)C(C)C. The van der Waals surface area contributed by atoms with Gasteiger partial charge in [0.25, 0.3) is 5.91 Å². The quantitative estimate of drug-likeness (QED) is 0.359. The average molecular weight is 279 g/mol. The van der Waals surface area contributed by atoms with Crippen LogP contribution in [0.3, 0.4) is 0 Å². The molecular formula is C14H21N3O3. The fourth-order valence-corrected chi connectivity index (χ4v) is 1.86. The molecule has 0 saturated heterocycles. The molecule has 0 bridgehead atoms. The molecule has 0 spiro atoms. The van der Waals surface area contributed by atoms with E-state index in [-0.39, 0.29) is 17.8 Å². The van der Waals surface area contributed by atoms with E-state index >= 15 is 0 Å². The van der Waals surface area contributed by atoms with Crippen molar-refractivity contribution in [2.24, 2.45) is 10.9 Å². The number of rotatable bonds is 6. The van der Waals surface area contributed by atoms with E-state index in [9.17, 15) is 4.79 Å². The van der Waals surface area contributed by atoms with Crippen molar-refractivity contribution in [2.75, 3.05) is 13.7 Å². The molecule has 0 heterocycles. The van der Waals surface area contributed by atoms with Crippen molar-refractivity contribution in [3.8, 4) is 5.75 Å². The summed E-state index contributed by atoms with van der Waals surface area (Å²) >= 11 is 0. The van der Waals surface area contributed by atoms with Crippen LogP contribution < -0.4 is 10.5 Å². The fourth-order valence-electron chi connectivity index (χ4n) is 1.86. The van der Waals surface area contributed by atoms with Crippen LogP contribution in [-0.2, 0) is 0 Å². The molecule has 3 N–H and O–H groups in total. The molecule has 0 aliphatic carbocycles. The van der Waals surface area contributed by atoms with Crippen molar-refractivity contribution >= 4 is 11.7 Å². The van der Waals surface area contributed by atoms with Gasteiger partial charge >= 0.3 is 0 Å². The molecule has 0 unspecified atom stereocenters. The summed E-state index contributed by atoms with van der Waals surface area (Å²) in [6, 6.07) is 7.07. The minimum Gasteiger partial charge on any atom is -0.496 e. The Bertz CT molecular complexity index is 486. The van der Waals surface area contributed by atoms with Gasteiger partial charge in [-0.15, -0.1) is 0 Å². The van der Waals surface area contributed by atoms with Crippen molar-refractivity contribution in [3.05, 3.63) is 29.8 Å². The lowest BCUT2D eigenvalue weighted by atomic mass is 10.1. The molecule has 110 valence electrons. The predicted octanol–water partition coefficient (Wildman–Crippen LogP) is 1.68. The molecule has 20 heavy (non-hydrogen) atoms. The first-order valence-electron chi connectivity index (χ1n) is 6.41. The molecule has 0 saturated carbocycles. The summed E-state index contributed by atoms with van der Waals surface area (Å²) in [4.78, 5) is 14.2. The molecule has 0 aliphatic heterocycles. The highest BCUT2D eigenvalue weighted by molar-refractivity contribution is 5.97. The summed E-state index contributed by atoms with van der Waals surface area (Å²) in [7, 11) is 1.53. The van der Waals surface area contributed by atoms with E-state index in [0.717, 1.165) is 0 Å². The van der Waals surface area contributed by atoms with Crippen LogP contribution in [-0.4, -0.2) is 41.5 Å². The number of ether oxygens (including phenoxy) is 1. The normalized spacial score (nSPS) is 11.5. The number of hydrogen-bond acceptors (Lipinski definition) is 4. The lowest BCUT2D eigenvalue weighted by Crippen LogP contribution is -2.39. The summed E-state index contributed by atoms with van der Waals surface area (Å²) in [5.74, 6) is 0.499. The Kier molecular flexibility index (Phi) is 5.83. The monoisotopic (exact) mass is 279 g/mol. The summed E-state index contributed by atoms with van der Waals surface area (Å²) in [6.45, 7) is 4.21. The van der Waals surface area contributed by atoms with Crippen LogP contribution in [0.25, 0.3) is 0 Å². The molecule has 0 aliphatic rings. The highest BCUT2D eigenvalue weighted by Crippen LogP contribution is 2.20. The van der Waals surface area contributed by atoms with Crippen LogP contribution in [0.4, 0.5) is 0 Å². The highest BCUT2D eigenvalue weighted by atomic mass is 16.5. The van der Waals surface area contributed by atoms with E-state index in [1.165, 1.54) is 7.11 Å². The van der Waals surface area contributed by atoms with Gasteiger partial charge in [-0.1, -0.05) is 17.3 Å². The zero-order chi connectivity index (χ0) is 15.1. The Balaban J connectivity index is 2.94. The lowest BCUT2D eigenvalue weighted by molar-refractivity contribution is 0.0707. The number of hydrogen-bond donors (Lipinski definition) is 2. The molecule has 0 atom stereocenters. The fraction of sp³-hybridized carbons (Fsp3) is 0.429. The van der Waals surface area contributed by atoms with E-state index in [2.05, 4.69) is 5.16 Å². The third-order valence-electron chi connectivity index (χ3n) is 2.96. The number of methoxy groups -OCH3 is 1. The van der Waals surface area contributed by atoms with Crippen molar-refractivity contribution in [1.82, 2.24) is 4.90 Å². The lowest BCUT2D eigenvalue weighted by Gasteiger charge is -2.27. The van der Waals surface area contributed by atoms with E-state index in [0.29, 0.717) is 24.3 Å². The first kappa shape index (κ1) is 15.8. The Hall–Kier alpha value is -2.24. The second kappa shape index (κ2) is 7.37. The molecule has 0 fully saturated rings. The van der Waals surface area contributed by atoms with Crippen molar-refractivity contribution < 1.29 is 14.7 Å². The zero-order valence-electron chi connectivity index (χ0n) is 12.0. The number of nitrogens with zero attached hydrogens (tertiary/aromatic N) is 2. The van der Waals surface area contributed by atoms with Crippen LogP contribution in [0.2, 0.25) is 0 Å². The number of amides is 1. The van der Waals surface area contributed by atoms with Gasteiger partial charge in [0.2, 0.25) is 0 Å². The molecular weight excluding hydrogens is 258 g/mol. The molecule has 6 heteroatoms. The third kappa shape index (κ3) is 3.88. The maximum atomic E-state index is 12.6. The number of benzene rings is 1. The minimum atomic E-state index is -0.136. The zero-order valence-corrected chi connectivity index (χ0v) is 12.0. The van der Waals surface area contributed by atoms with E-state index in [1.54, 1.807) is 23.1 Å². The van der Waals surface area contributed by atoms with Crippen LogP contribution in [0.5, 0.6) is 5.75 Å². The van der Waals surface area contributed by atoms with Gasteiger partial charge < -0.3 is 20.6 Å². The summed E-state index contributed by atoms with van der Waals surface area (Å²) in [6.07, 6.45) is 0.315. The van der Waals surface area contributed by atoms with E-state index in [1.807, 2.05) is 19.9 Å². The van der Waals surface area contributed by atoms with Crippen molar-refractivity contribution in [3.63, 3.8) is 0 Å². The number of nitrogens with two attached hydrogens (primary N) is 1. The molecule has 1 amide bonds. The number of amidine groups is 1. The number of carbonyl (C=O) groups excluding carboxylic acids is 1. The topological polar surface area (TPSA) is 88.2 Å². The number of carbonyl (C=O) groups is 1. The first-order chi connectivity index (χ1) is 9.51. The summed E-state index contributed by atoms with van der Waals surface area (Å²) in [5, 5.41) is 11.5. The van der Waals surface area contributed by atoms with Gasteiger partial charge in [0, 0.05) is 19.0 Å². The second-order valence-corrected chi connectivity index (χ2v) is 4.63. The largest absolute Gasteiger partial charge is 0.496 e. The van der Waals surface area contributed by atoms with Gasteiger partial charge in [-0.2, -0.15) is 0 Å². The molecule has 1 aromatic carbocycles. The third-order valence-corrected chi connectivity index (χ3v) is 2.96. The predicted molar refractivity (Wildman–Crippen MR) is 77.2 cm³/mol. The molecule has 1 rings (SSSR count). The smallest absolute Gasteiger partial charge is 0.257 e. The Morgan fingerprint density at radius 3 is 2.65 bits per heavy atom. The maximum Gasteiger partial charge on any atom is 0.257 e. The van der Waals surface area contributed by atoms with Crippen molar-refractivity contribution in [2.45, 2.75) is 26.3 Å². The van der Waals surface area contributed by atoms with E-state index < -0.39 is 0 Å². The standard InChI is InChI=1S/C14H21N3O3/c1-10(2)17(9-8-13(15)16-19)14(18)11-6-4-5-7-12(11)20-3/h4-7,10,19H,8-9H2,1-3H3,(H2,15,16). The molecule has 6 nitrogen and oxygen atoms in total. The van der Waals surface area contributed by atoms with Gasteiger partial charge in [-0.05, 0) is 26.0 Å². The minimum absolute atomic E-state index is 0.00101. The van der Waals surface area contributed by atoms with Crippen molar-refractivity contribution in [1.29, 1.82) is 0 Å². The Morgan fingerprint density at radius 2 is 2.10 bits per heavy atom. The van der Waals surface area contributed by atoms with Crippen LogP contribution in [0, 0.1) is 0 Å². The van der Waals surface area contributed by atoms with Crippen LogP contribution in [0.1, 0.15) is 30.6 Å². The highest BCUT2D eigenvalue weighted by Gasteiger charge is 2.21. The van der Waals surface area contributed by atoms with Crippen LogP contribution >= 0.6 is 0 Å². The average Bonchev–Trinajstić information content (AvgIpc) is 2.46. The van der Waals surface area contributed by atoms with Gasteiger partial charge in [0.15, 0.2) is 0 Å². The van der Waals surface area contributed by atoms with Gasteiger partial charge in [-0.3, -0.25) is 4.79 Å². The second-order valence-electron chi connectivity index (χ2n) is 4.63. The summed E-state index contributed by atoms with van der Waals surface area (Å²) < 4.78 is 5.21. The van der Waals surface area contributed by atoms with Gasteiger partial charge in [0.05, 0.1) is 12.7 Å². The Labute approximate surface area is 118 Å². The van der Waals surface area contributed by atoms with Crippen LogP contribution in [0.15, 0.2) is 29.4 Å². The summed E-state index contributed by atoms with van der Waals surface area (Å²) in [5.41, 5.74) is 5.96. The molecule has 0 radical (unpaired) electrons. The maximum absolute atomic E-state index is 12.6. The molecule has 0 aromatic heterocycles. The van der Waals surface area contributed by atoms with Gasteiger partial charge in [0.1, 0.15) is 11.6 Å². The number of oxime groups is 1.